The number of aliphatic hydroxyl groups is 1. The van der Waals surface area contributed by atoms with E-state index in [-0.39, 0.29) is 63.0 Å². The molecule has 0 aliphatic heterocycles. The van der Waals surface area contributed by atoms with E-state index in [1.165, 1.54) is 38.5 Å². The van der Waals surface area contributed by atoms with Crippen molar-refractivity contribution in [3.63, 3.8) is 0 Å². The zero-order valence-electron chi connectivity index (χ0n) is 45.6. The third-order valence-electron chi connectivity index (χ3n) is 12.3. The first-order chi connectivity index (χ1) is 34.3. The van der Waals surface area contributed by atoms with Gasteiger partial charge in [0.25, 0.3) is 0 Å². The number of nitrogens with zero attached hydrogens (tertiary/aromatic N) is 1. The maximum absolute atomic E-state index is 12.7. The van der Waals surface area contributed by atoms with Crippen molar-refractivity contribution < 1.29 is 52.7 Å². The molecule has 0 atom stereocenters. The van der Waals surface area contributed by atoms with Crippen LogP contribution in [-0.2, 0) is 47.6 Å². The third kappa shape index (κ3) is 48.8. The van der Waals surface area contributed by atoms with Gasteiger partial charge < -0.3 is 38.4 Å². The molecule has 0 spiro atoms. The average Bonchev–Trinajstić information content (AvgIpc) is 3.35. The molecule has 0 unspecified atom stereocenters. The van der Waals surface area contributed by atoms with Gasteiger partial charge in [-0.3, -0.25) is 19.2 Å². The quantitative estimate of drug-likeness (QED) is 0.0203. The Balaban J connectivity index is 4.40. The largest absolute Gasteiger partial charge is 0.466 e. The molecular formula is C58H107NO11. The molecule has 0 saturated heterocycles. The summed E-state index contributed by atoms with van der Waals surface area (Å²) in [5, 5.41) is 9.66. The molecule has 0 radical (unpaired) electrons. The number of hydrogen-bond acceptors (Lipinski definition) is 12. The number of ether oxygens (including phenoxy) is 6. The SMILES string of the molecule is CC/C=C\CCCCOC(CCC(=O)OCCCCCCCN(CCO)CCCCCCC(=O)OCC(COC(=O)CCCCCCCC)COC(=O)CCCCCCCC)OCCCC/C=C\CC. The van der Waals surface area contributed by atoms with E-state index in [2.05, 4.69) is 56.9 Å². The van der Waals surface area contributed by atoms with E-state index >= 15 is 0 Å². The van der Waals surface area contributed by atoms with Crippen molar-refractivity contribution in [3.8, 4) is 0 Å². The second-order valence-corrected chi connectivity index (χ2v) is 19.1. The molecule has 0 aromatic rings. The molecule has 0 aromatic heterocycles. The lowest BCUT2D eigenvalue weighted by Crippen LogP contribution is -2.29. The van der Waals surface area contributed by atoms with E-state index in [4.69, 9.17) is 28.4 Å². The summed E-state index contributed by atoms with van der Waals surface area (Å²) in [6.07, 6.45) is 40.3. The zero-order valence-corrected chi connectivity index (χ0v) is 45.6. The predicted molar refractivity (Wildman–Crippen MR) is 284 cm³/mol. The minimum Gasteiger partial charge on any atom is -0.466 e. The standard InChI is InChI=1S/C58H107NO11/c1-5-9-13-17-22-30-38-54(61)68-50-53(51-69-55(62)39-31-23-18-14-10-6-2)52-70-56(63)40-32-24-26-34-44-59(45-46-60)43-33-25-21-29-35-47-65-57(64)41-42-58(66-48-36-27-19-15-11-7-3)67-49-37-28-20-16-12-8-4/h11-12,15-16,53,58,60H,5-10,13-14,17-52H2,1-4H3/b15-11-,16-12-. The lowest BCUT2D eigenvalue weighted by Gasteiger charge is -2.21. The average molecular weight is 994 g/mol. The van der Waals surface area contributed by atoms with Crippen molar-refractivity contribution in [3.05, 3.63) is 24.3 Å². The van der Waals surface area contributed by atoms with E-state index in [9.17, 15) is 24.3 Å². The van der Waals surface area contributed by atoms with Gasteiger partial charge in [-0.25, -0.2) is 0 Å². The predicted octanol–water partition coefficient (Wildman–Crippen LogP) is 13.9. The topological polar surface area (TPSA) is 147 Å². The smallest absolute Gasteiger partial charge is 0.305 e. The third-order valence-corrected chi connectivity index (χ3v) is 12.3. The fraction of sp³-hybridized carbons (Fsp3) is 0.862. The Morgan fingerprint density at radius 2 is 0.800 bits per heavy atom. The van der Waals surface area contributed by atoms with Gasteiger partial charge in [-0.15, -0.1) is 0 Å². The molecular weight excluding hydrogens is 887 g/mol. The van der Waals surface area contributed by atoms with Crippen LogP contribution in [0.1, 0.15) is 246 Å². The molecule has 410 valence electrons. The van der Waals surface area contributed by atoms with Crippen LogP contribution in [0.5, 0.6) is 0 Å². The molecule has 0 aliphatic carbocycles. The fourth-order valence-electron chi connectivity index (χ4n) is 7.93. The second-order valence-electron chi connectivity index (χ2n) is 19.1. The minimum absolute atomic E-state index is 0.0419. The molecule has 12 heteroatoms. The summed E-state index contributed by atoms with van der Waals surface area (Å²) in [6.45, 7) is 13.1. The highest BCUT2D eigenvalue weighted by Gasteiger charge is 2.18. The van der Waals surface area contributed by atoms with Crippen molar-refractivity contribution in [1.29, 1.82) is 0 Å². The number of unbranched alkanes of at least 4 members (excludes halogenated alkanes) is 21. The summed E-state index contributed by atoms with van der Waals surface area (Å²) < 4.78 is 34.3. The summed E-state index contributed by atoms with van der Waals surface area (Å²) in [6, 6.07) is 0. The van der Waals surface area contributed by atoms with Gasteiger partial charge >= 0.3 is 23.9 Å². The number of carbonyl (C=O) groups excluding carboxylic acids is 4. The summed E-state index contributed by atoms with van der Waals surface area (Å²) in [5.74, 6) is -1.43. The van der Waals surface area contributed by atoms with Gasteiger partial charge in [0.15, 0.2) is 6.29 Å². The van der Waals surface area contributed by atoms with Crippen LogP contribution in [0.3, 0.4) is 0 Å². The normalized spacial score (nSPS) is 11.8. The maximum Gasteiger partial charge on any atom is 0.305 e. The van der Waals surface area contributed by atoms with Crippen LogP contribution in [0.2, 0.25) is 0 Å². The van der Waals surface area contributed by atoms with Gasteiger partial charge in [0.2, 0.25) is 0 Å². The monoisotopic (exact) mass is 994 g/mol. The van der Waals surface area contributed by atoms with Crippen LogP contribution in [0.4, 0.5) is 0 Å². The highest BCUT2D eigenvalue weighted by atomic mass is 16.7. The van der Waals surface area contributed by atoms with Crippen LogP contribution in [-0.4, -0.2) is 106 Å². The van der Waals surface area contributed by atoms with E-state index in [1.807, 2.05) is 0 Å². The summed E-state index contributed by atoms with van der Waals surface area (Å²) in [5.41, 5.74) is 0. The van der Waals surface area contributed by atoms with Crippen molar-refractivity contribution in [2.45, 2.75) is 252 Å². The van der Waals surface area contributed by atoms with Crippen LogP contribution >= 0.6 is 0 Å². The van der Waals surface area contributed by atoms with Crippen LogP contribution in [0, 0.1) is 5.92 Å². The highest BCUT2D eigenvalue weighted by Crippen LogP contribution is 2.14. The molecule has 1 N–H and O–H groups in total. The Labute approximate surface area is 428 Å². The van der Waals surface area contributed by atoms with Crippen molar-refractivity contribution in [1.82, 2.24) is 4.90 Å². The molecule has 12 nitrogen and oxygen atoms in total. The van der Waals surface area contributed by atoms with Gasteiger partial charge in [-0.2, -0.15) is 0 Å². The first kappa shape index (κ1) is 67.2. The van der Waals surface area contributed by atoms with Crippen molar-refractivity contribution >= 4 is 23.9 Å². The number of rotatable bonds is 54. The highest BCUT2D eigenvalue weighted by molar-refractivity contribution is 5.70. The Morgan fingerprint density at radius 1 is 0.414 bits per heavy atom. The van der Waals surface area contributed by atoms with E-state index < -0.39 is 5.92 Å². The summed E-state index contributed by atoms with van der Waals surface area (Å²) in [7, 11) is 0. The molecule has 0 aromatic carbocycles. The van der Waals surface area contributed by atoms with Crippen LogP contribution in [0.15, 0.2) is 24.3 Å². The molecule has 0 saturated carbocycles. The maximum atomic E-state index is 12.7. The lowest BCUT2D eigenvalue weighted by atomic mass is 10.1. The number of esters is 4. The summed E-state index contributed by atoms with van der Waals surface area (Å²) >= 11 is 0. The second kappa shape index (κ2) is 54.0. The van der Waals surface area contributed by atoms with E-state index in [0.717, 1.165) is 161 Å². The molecule has 0 bridgehead atoms. The number of aliphatic hydroxyl groups excluding tert-OH is 1. The van der Waals surface area contributed by atoms with Gasteiger partial charge in [0.1, 0.15) is 19.8 Å². The van der Waals surface area contributed by atoms with Gasteiger partial charge in [0.05, 0.1) is 25.6 Å². The Kier molecular flexibility index (Phi) is 51.8. The minimum atomic E-state index is -0.403. The Hall–Kier alpha value is -2.80. The Morgan fingerprint density at radius 3 is 1.23 bits per heavy atom. The number of hydrogen-bond donors (Lipinski definition) is 1. The molecule has 0 amide bonds. The fourth-order valence-corrected chi connectivity index (χ4v) is 7.93. The molecule has 0 aliphatic rings. The zero-order chi connectivity index (χ0) is 51.2. The lowest BCUT2D eigenvalue weighted by molar-refractivity contribution is -0.159. The van der Waals surface area contributed by atoms with Crippen molar-refractivity contribution in [2.75, 3.05) is 65.9 Å². The van der Waals surface area contributed by atoms with E-state index in [0.29, 0.717) is 52.0 Å². The van der Waals surface area contributed by atoms with Gasteiger partial charge in [-0.05, 0) is 103 Å². The number of allylic oxidation sites excluding steroid dienone is 4. The molecule has 70 heavy (non-hydrogen) atoms. The number of carbonyl (C=O) groups is 4. The summed E-state index contributed by atoms with van der Waals surface area (Å²) in [4.78, 5) is 52.4. The molecule has 0 fully saturated rings. The first-order valence-electron chi connectivity index (χ1n) is 28.8. The van der Waals surface area contributed by atoms with Crippen LogP contribution in [0.25, 0.3) is 0 Å². The first-order valence-corrected chi connectivity index (χ1v) is 28.8. The molecule has 0 rings (SSSR count). The van der Waals surface area contributed by atoms with Crippen molar-refractivity contribution in [2.24, 2.45) is 5.92 Å². The Bertz CT molecular complexity index is 1190. The molecule has 0 heterocycles. The van der Waals surface area contributed by atoms with Gasteiger partial charge in [0, 0.05) is 45.4 Å². The van der Waals surface area contributed by atoms with Gasteiger partial charge in [-0.1, -0.05) is 148 Å². The van der Waals surface area contributed by atoms with Crippen LogP contribution < -0.4 is 0 Å². The van der Waals surface area contributed by atoms with E-state index in [1.54, 1.807) is 0 Å².